The van der Waals surface area contributed by atoms with Crippen LogP contribution in [0.15, 0.2) is 24.3 Å². The van der Waals surface area contributed by atoms with Crippen molar-refractivity contribution >= 4 is 11.6 Å². The van der Waals surface area contributed by atoms with E-state index in [1.54, 1.807) is 12.1 Å². The molecule has 0 unspecified atom stereocenters. The molecule has 0 aromatic heterocycles. The SMILES string of the molecule is Nc1ccccc1OCC(=O)NCC1(CO)CCCCC1. The summed E-state index contributed by atoms with van der Waals surface area (Å²) in [6.07, 6.45) is 5.39. The standard InChI is InChI=1S/C16H24N2O3/c17-13-6-2-3-7-14(13)21-10-15(20)18-11-16(12-19)8-4-1-5-9-16/h2-3,6-7,19H,1,4-5,8-12,17H2,(H,18,20). The lowest BCUT2D eigenvalue weighted by molar-refractivity contribution is -0.123. The van der Waals surface area contributed by atoms with E-state index in [0.717, 1.165) is 25.7 Å². The second-order valence-electron chi connectivity index (χ2n) is 5.82. The zero-order valence-corrected chi connectivity index (χ0v) is 12.3. The molecule has 0 bridgehead atoms. The molecule has 1 amide bonds. The number of aliphatic hydroxyl groups excluding tert-OH is 1. The lowest BCUT2D eigenvalue weighted by Gasteiger charge is -2.35. The largest absolute Gasteiger partial charge is 0.482 e. The van der Waals surface area contributed by atoms with Crippen molar-refractivity contribution in [3.8, 4) is 5.75 Å². The molecular formula is C16H24N2O3. The highest BCUT2D eigenvalue weighted by Crippen LogP contribution is 2.35. The van der Waals surface area contributed by atoms with Crippen molar-refractivity contribution in [3.63, 3.8) is 0 Å². The van der Waals surface area contributed by atoms with Crippen molar-refractivity contribution < 1.29 is 14.6 Å². The van der Waals surface area contributed by atoms with Gasteiger partial charge in [0.05, 0.1) is 12.3 Å². The number of rotatable bonds is 6. The quantitative estimate of drug-likeness (QED) is 0.697. The Morgan fingerprint density at radius 2 is 2.00 bits per heavy atom. The molecular weight excluding hydrogens is 268 g/mol. The molecule has 0 saturated heterocycles. The molecule has 1 aromatic rings. The fourth-order valence-corrected chi connectivity index (χ4v) is 2.78. The molecule has 2 rings (SSSR count). The van der Waals surface area contributed by atoms with E-state index in [4.69, 9.17) is 10.5 Å². The van der Waals surface area contributed by atoms with Crippen LogP contribution in [0.3, 0.4) is 0 Å². The summed E-state index contributed by atoms with van der Waals surface area (Å²) in [6, 6.07) is 7.09. The van der Waals surface area contributed by atoms with Crippen LogP contribution < -0.4 is 15.8 Å². The van der Waals surface area contributed by atoms with Crippen molar-refractivity contribution in [3.05, 3.63) is 24.3 Å². The van der Waals surface area contributed by atoms with Crippen LogP contribution in [0.4, 0.5) is 5.69 Å². The first kappa shape index (κ1) is 15.6. The van der Waals surface area contributed by atoms with Crippen molar-refractivity contribution in [1.82, 2.24) is 5.32 Å². The maximum absolute atomic E-state index is 11.9. The van der Waals surface area contributed by atoms with Crippen LogP contribution in [0, 0.1) is 5.41 Å². The fourth-order valence-electron chi connectivity index (χ4n) is 2.78. The monoisotopic (exact) mass is 292 g/mol. The topological polar surface area (TPSA) is 84.6 Å². The molecule has 1 aliphatic rings. The predicted octanol–water partition coefficient (Wildman–Crippen LogP) is 1.71. The maximum atomic E-state index is 11.9. The summed E-state index contributed by atoms with van der Waals surface area (Å²) in [6.45, 7) is 0.575. The molecule has 5 heteroatoms. The number of nitrogens with one attached hydrogen (secondary N) is 1. The van der Waals surface area contributed by atoms with Gasteiger partial charge in [0.15, 0.2) is 6.61 Å². The highest BCUT2D eigenvalue weighted by atomic mass is 16.5. The maximum Gasteiger partial charge on any atom is 0.257 e. The van der Waals surface area contributed by atoms with E-state index in [1.807, 2.05) is 12.1 Å². The molecule has 1 saturated carbocycles. The Kier molecular flexibility index (Phi) is 5.44. The number of ether oxygens (including phenoxy) is 1. The average Bonchev–Trinajstić information content (AvgIpc) is 2.53. The molecule has 1 aliphatic carbocycles. The number of nitrogen functional groups attached to an aromatic ring is 1. The van der Waals surface area contributed by atoms with Crippen molar-refractivity contribution in [1.29, 1.82) is 0 Å². The molecule has 1 fully saturated rings. The molecule has 5 nitrogen and oxygen atoms in total. The molecule has 0 radical (unpaired) electrons. The first-order valence-electron chi connectivity index (χ1n) is 7.50. The third-order valence-electron chi connectivity index (χ3n) is 4.19. The van der Waals surface area contributed by atoms with Crippen LogP contribution >= 0.6 is 0 Å². The number of amides is 1. The number of carbonyl (C=O) groups is 1. The van der Waals surface area contributed by atoms with Gasteiger partial charge >= 0.3 is 0 Å². The number of carbonyl (C=O) groups excluding carboxylic acids is 1. The van der Waals surface area contributed by atoms with E-state index in [9.17, 15) is 9.90 Å². The molecule has 0 aliphatic heterocycles. The second-order valence-corrected chi connectivity index (χ2v) is 5.82. The highest BCUT2D eigenvalue weighted by Gasteiger charge is 2.31. The van der Waals surface area contributed by atoms with Gasteiger partial charge in [-0.2, -0.15) is 0 Å². The van der Waals surface area contributed by atoms with Gasteiger partial charge in [-0.15, -0.1) is 0 Å². The van der Waals surface area contributed by atoms with Gasteiger partial charge in [-0.05, 0) is 25.0 Å². The second kappa shape index (κ2) is 7.31. The molecule has 21 heavy (non-hydrogen) atoms. The third-order valence-corrected chi connectivity index (χ3v) is 4.19. The Bertz CT molecular complexity index is 470. The minimum absolute atomic E-state index is 0.0598. The number of benzene rings is 1. The summed E-state index contributed by atoms with van der Waals surface area (Å²) >= 11 is 0. The zero-order valence-electron chi connectivity index (χ0n) is 12.3. The Hall–Kier alpha value is -1.75. The minimum atomic E-state index is -0.184. The van der Waals surface area contributed by atoms with Crippen LogP contribution in [-0.2, 0) is 4.79 Å². The van der Waals surface area contributed by atoms with Gasteiger partial charge in [0.25, 0.3) is 5.91 Å². The van der Waals surface area contributed by atoms with Gasteiger partial charge in [-0.25, -0.2) is 0 Å². The molecule has 116 valence electrons. The molecule has 0 atom stereocenters. The van der Waals surface area contributed by atoms with Crippen molar-refractivity contribution in [2.75, 3.05) is 25.5 Å². The van der Waals surface area contributed by atoms with E-state index >= 15 is 0 Å². The summed E-state index contributed by atoms with van der Waals surface area (Å²) in [4.78, 5) is 11.9. The molecule has 1 aromatic carbocycles. The van der Waals surface area contributed by atoms with Crippen LogP contribution in [0.25, 0.3) is 0 Å². The average molecular weight is 292 g/mol. The fraction of sp³-hybridized carbons (Fsp3) is 0.562. The zero-order chi connectivity index (χ0) is 15.1. The van der Waals surface area contributed by atoms with Gasteiger partial charge in [0.1, 0.15) is 5.75 Å². The van der Waals surface area contributed by atoms with Crippen molar-refractivity contribution in [2.45, 2.75) is 32.1 Å². The summed E-state index contributed by atoms with van der Waals surface area (Å²) in [7, 11) is 0. The molecule has 0 heterocycles. The van der Waals surface area contributed by atoms with Crippen LogP contribution in [0.2, 0.25) is 0 Å². The van der Waals surface area contributed by atoms with E-state index in [-0.39, 0.29) is 24.5 Å². The van der Waals surface area contributed by atoms with Gasteiger partial charge in [0, 0.05) is 12.0 Å². The van der Waals surface area contributed by atoms with Crippen LogP contribution in [-0.4, -0.2) is 30.8 Å². The van der Waals surface area contributed by atoms with Gasteiger partial charge in [-0.3, -0.25) is 4.79 Å². The smallest absolute Gasteiger partial charge is 0.257 e. The summed E-state index contributed by atoms with van der Waals surface area (Å²) in [5.41, 5.74) is 6.12. The first-order valence-corrected chi connectivity index (χ1v) is 7.50. The third kappa shape index (κ3) is 4.36. The predicted molar refractivity (Wildman–Crippen MR) is 82.0 cm³/mol. The number of hydrogen-bond donors (Lipinski definition) is 3. The lowest BCUT2D eigenvalue weighted by atomic mass is 9.74. The highest BCUT2D eigenvalue weighted by molar-refractivity contribution is 5.77. The Balaban J connectivity index is 1.78. The van der Waals surface area contributed by atoms with Gasteiger partial charge < -0.3 is 20.9 Å². The molecule has 0 spiro atoms. The van der Waals surface area contributed by atoms with Crippen LogP contribution in [0.5, 0.6) is 5.75 Å². The van der Waals surface area contributed by atoms with E-state index in [0.29, 0.717) is 18.0 Å². The summed E-state index contributed by atoms with van der Waals surface area (Å²) in [5, 5.41) is 12.5. The van der Waals surface area contributed by atoms with E-state index in [2.05, 4.69) is 5.32 Å². The number of hydrogen-bond acceptors (Lipinski definition) is 4. The summed E-state index contributed by atoms with van der Waals surface area (Å²) in [5.74, 6) is 0.332. The van der Waals surface area contributed by atoms with Gasteiger partial charge in [0.2, 0.25) is 0 Å². The first-order chi connectivity index (χ1) is 10.2. The minimum Gasteiger partial charge on any atom is -0.482 e. The number of anilines is 1. The number of para-hydroxylation sites is 2. The Labute approximate surface area is 125 Å². The number of aliphatic hydroxyl groups is 1. The number of nitrogens with two attached hydrogens (primary N) is 1. The van der Waals surface area contributed by atoms with E-state index in [1.165, 1.54) is 6.42 Å². The lowest BCUT2D eigenvalue weighted by Crippen LogP contribution is -2.42. The normalized spacial score (nSPS) is 17.2. The Morgan fingerprint density at radius 3 is 2.67 bits per heavy atom. The summed E-state index contributed by atoms with van der Waals surface area (Å²) < 4.78 is 5.41. The molecule has 4 N–H and O–H groups in total. The van der Waals surface area contributed by atoms with Gasteiger partial charge in [-0.1, -0.05) is 31.4 Å². The van der Waals surface area contributed by atoms with Crippen molar-refractivity contribution in [2.24, 2.45) is 5.41 Å². The van der Waals surface area contributed by atoms with Crippen LogP contribution in [0.1, 0.15) is 32.1 Å². The Morgan fingerprint density at radius 1 is 1.29 bits per heavy atom. The van der Waals surface area contributed by atoms with E-state index < -0.39 is 0 Å².